The number of ether oxygens (including phenoxy) is 1. The fraction of sp³-hybridized carbons (Fsp3) is 0.500. The van der Waals surface area contributed by atoms with E-state index in [-0.39, 0.29) is 38.9 Å². The largest absolute Gasteiger partial charge is 0.381 e. The number of sulfone groups is 4. The van der Waals surface area contributed by atoms with Crippen LogP contribution in [0.3, 0.4) is 0 Å². The van der Waals surface area contributed by atoms with Gasteiger partial charge in [0.1, 0.15) is 0 Å². The first kappa shape index (κ1) is 27.7. The van der Waals surface area contributed by atoms with Crippen LogP contribution in [-0.2, 0) is 44.1 Å². The van der Waals surface area contributed by atoms with Gasteiger partial charge in [-0.3, -0.25) is 0 Å². The molecule has 0 aliphatic heterocycles. The molecule has 0 heterocycles. The minimum absolute atomic E-state index is 0.0110. The maximum absolute atomic E-state index is 11.9. The molecule has 0 aliphatic rings. The zero-order chi connectivity index (χ0) is 22.9. The topological polar surface area (TPSA) is 146 Å². The van der Waals surface area contributed by atoms with E-state index in [1.807, 2.05) is 0 Å². The molecule has 168 valence electrons. The third-order valence-corrected chi connectivity index (χ3v) is 12.8. The van der Waals surface area contributed by atoms with Gasteiger partial charge in [-0.05, 0) is 25.7 Å². The van der Waals surface area contributed by atoms with Gasteiger partial charge in [-0.25, -0.2) is 33.7 Å². The van der Waals surface area contributed by atoms with Crippen molar-refractivity contribution in [1.29, 1.82) is 0 Å². The Kier molecular flexibility index (Phi) is 10.7. The van der Waals surface area contributed by atoms with E-state index in [4.69, 9.17) is 4.74 Å². The average Bonchev–Trinajstić information content (AvgIpc) is 2.65. The second-order valence-corrected chi connectivity index (χ2v) is 14.7. The standard InChI is InChI=1S/C16H26O9S4/c1-5-26(17,18)15(27(19,20)6-2)11-9-13-25-14-10-12-16(28(21,22)7-3)29(23,24)8-4/h5-8,15-16H,1-4,9-14H2. The van der Waals surface area contributed by atoms with Crippen LogP contribution >= 0.6 is 0 Å². The summed E-state index contributed by atoms with van der Waals surface area (Å²) in [5.74, 6) is 0. The van der Waals surface area contributed by atoms with E-state index in [1.165, 1.54) is 0 Å². The molecule has 0 saturated heterocycles. The lowest BCUT2D eigenvalue weighted by atomic mass is 10.3. The highest BCUT2D eigenvalue weighted by Gasteiger charge is 2.34. The van der Waals surface area contributed by atoms with Crippen LogP contribution in [0.5, 0.6) is 0 Å². The van der Waals surface area contributed by atoms with Gasteiger partial charge >= 0.3 is 0 Å². The summed E-state index contributed by atoms with van der Waals surface area (Å²) < 4.78 is 96.8. The van der Waals surface area contributed by atoms with Crippen LogP contribution < -0.4 is 0 Å². The van der Waals surface area contributed by atoms with Crippen molar-refractivity contribution in [3.05, 3.63) is 47.9 Å². The van der Waals surface area contributed by atoms with Gasteiger partial charge in [-0.2, -0.15) is 0 Å². The van der Waals surface area contributed by atoms with Crippen molar-refractivity contribution in [2.45, 2.75) is 34.8 Å². The van der Waals surface area contributed by atoms with Gasteiger partial charge in [0.05, 0.1) is 0 Å². The van der Waals surface area contributed by atoms with Gasteiger partial charge in [-0.1, -0.05) is 26.3 Å². The molecular weight excluding hydrogens is 464 g/mol. The first-order chi connectivity index (χ1) is 13.2. The monoisotopic (exact) mass is 490 g/mol. The molecule has 0 rings (SSSR count). The third-order valence-electron chi connectivity index (χ3n) is 3.85. The van der Waals surface area contributed by atoms with E-state index in [0.29, 0.717) is 21.6 Å². The van der Waals surface area contributed by atoms with Crippen LogP contribution in [0.1, 0.15) is 25.7 Å². The summed E-state index contributed by atoms with van der Waals surface area (Å²) in [7, 11) is -16.3. The molecule has 0 amide bonds. The summed E-state index contributed by atoms with van der Waals surface area (Å²) in [5.41, 5.74) is 0. The van der Waals surface area contributed by atoms with Gasteiger partial charge in [0, 0.05) is 34.8 Å². The second-order valence-electron chi connectivity index (χ2n) is 5.78. The lowest BCUT2D eigenvalue weighted by Gasteiger charge is -2.15. The van der Waals surface area contributed by atoms with Crippen molar-refractivity contribution in [3.8, 4) is 0 Å². The van der Waals surface area contributed by atoms with Crippen molar-refractivity contribution >= 4 is 39.3 Å². The van der Waals surface area contributed by atoms with E-state index in [9.17, 15) is 33.7 Å². The van der Waals surface area contributed by atoms with Crippen LogP contribution in [0.4, 0.5) is 0 Å². The molecule has 0 aromatic heterocycles. The Bertz CT molecular complexity index is 858. The van der Waals surface area contributed by atoms with E-state index < -0.39 is 48.5 Å². The highest BCUT2D eigenvalue weighted by molar-refractivity contribution is 8.12. The number of hydrogen-bond donors (Lipinski definition) is 0. The number of rotatable bonds is 16. The maximum Gasteiger partial charge on any atom is 0.188 e. The van der Waals surface area contributed by atoms with Crippen LogP contribution in [0.2, 0.25) is 0 Å². The van der Waals surface area contributed by atoms with Crippen molar-refractivity contribution in [1.82, 2.24) is 0 Å². The van der Waals surface area contributed by atoms with E-state index in [0.717, 1.165) is 0 Å². The van der Waals surface area contributed by atoms with Crippen LogP contribution in [0.25, 0.3) is 0 Å². The molecular formula is C16H26O9S4. The van der Waals surface area contributed by atoms with Crippen LogP contribution in [0.15, 0.2) is 47.9 Å². The molecule has 0 radical (unpaired) electrons. The molecule has 13 heteroatoms. The zero-order valence-electron chi connectivity index (χ0n) is 15.8. The summed E-state index contributed by atoms with van der Waals surface area (Å²) >= 11 is 0. The van der Waals surface area contributed by atoms with Crippen molar-refractivity contribution in [2.24, 2.45) is 0 Å². The van der Waals surface area contributed by atoms with Gasteiger partial charge in [0.15, 0.2) is 48.5 Å². The Morgan fingerprint density at radius 2 is 0.793 bits per heavy atom. The van der Waals surface area contributed by atoms with E-state index in [2.05, 4.69) is 26.3 Å². The summed E-state index contributed by atoms with van der Waals surface area (Å²) in [6.45, 7) is 12.4. The Morgan fingerprint density at radius 1 is 0.552 bits per heavy atom. The molecule has 0 spiro atoms. The molecule has 0 aromatic rings. The van der Waals surface area contributed by atoms with Gasteiger partial charge in [0.2, 0.25) is 0 Å². The Hall–Kier alpha value is -1.28. The summed E-state index contributed by atoms with van der Waals surface area (Å²) in [6.07, 6.45) is -0.351. The van der Waals surface area contributed by atoms with Gasteiger partial charge in [-0.15, -0.1) is 0 Å². The SMILES string of the molecule is C=CS(=O)(=O)C(CCCOCCCC(S(=O)(=O)C=C)S(=O)(=O)C=C)S(=O)(=O)C=C. The average molecular weight is 491 g/mol. The molecule has 0 saturated carbocycles. The highest BCUT2D eigenvalue weighted by atomic mass is 32.3. The Labute approximate surface area is 173 Å². The highest BCUT2D eigenvalue weighted by Crippen LogP contribution is 2.20. The Morgan fingerprint density at radius 3 is 1.00 bits per heavy atom. The molecule has 9 nitrogen and oxygen atoms in total. The van der Waals surface area contributed by atoms with Gasteiger partial charge < -0.3 is 4.74 Å². The first-order valence-electron chi connectivity index (χ1n) is 8.25. The summed E-state index contributed by atoms with van der Waals surface area (Å²) in [5, 5.41) is 2.28. The quantitative estimate of drug-likeness (QED) is 0.293. The minimum Gasteiger partial charge on any atom is -0.381 e. The lowest BCUT2D eigenvalue weighted by molar-refractivity contribution is 0.128. The molecule has 0 unspecified atom stereocenters. The molecule has 0 N–H and O–H groups in total. The first-order valence-corrected chi connectivity index (χ1v) is 14.7. The maximum atomic E-state index is 11.9. The third kappa shape index (κ3) is 8.16. The van der Waals surface area contributed by atoms with Crippen LogP contribution in [0, 0.1) is 0 Å². The van der Waals surface area contributed by atoms with Crippen molar-refractivity contribution < 1.29 is 38.4 Å². The Balaban J connectivity index is 4.76. The zero-order valence-corrected chi connectivity index (χ0v) is 19.1. The molecule has 0 aromatic carbocycles. The summed E-state index contributed by atoms with van der Waals surface area (Å²) in [4.78, 5) is 0. The minimum atomic E-state index is -4.08. The molecule has 0 bridgehead atoms. The van der Waals surface area contributed by atoms with Gasteiger partial charge in [0.25, 0.3) is 0 Å². The smallest absolute Gasteiger partial charge is 0.188 e. The fourth-order valence-corrected chi connectivity index (χ4v) is 9.04. The molecule has 0 fully saturated rings. The fourth-order valence-electron chi connectivity index (χ4n) is 2.27. The molecule has 29 heavy (non-hydrogen) atoms. The van der Waals surface area contributed by atoms with Crippen molar-refractivity contribution in [3.63, 3.8) is 0 Å². The molecule has 0 atom stereocenters. The number of hydrogen-bond acceptors (Lipinski definition) is 9. The molecule has 0 aliphatic carbocycles. The van der Waals surface area contributed by atoms with Crippen molar-refractivity contribution in [2.75, 3.05) is 13.2 Å². The lowest BCUT2D eigenvalue weighted by Crippen LogP contribution is -2.28. The summed E-state index contributed by atoms with van der Waals surface area (Å²) in [6, 6.07) is 0. The normalized spacial score (nSPS) is 13.3. The van der Waals surface area contributed by atoms with Crippen LogP contribution in [-0.4, -0.2) is 56.0 Å². The predicted octanol–water partition coefficient (Wildman–Crippen LogP) is 1.45. The van der Waals surface area contributed by atoms with E-state index in [1.54, 1.807) is 0 Å². The second kappa shape index (κ2) is 11.2. The predicted molar refractivity (Wildman–Crippen MR) is 113 cm³/mol. The van der Waals surface area contributed by atoms with E-state index >= 15 is 0 Å².